The Morgan fingerprint density at radius 2 is 1.56 bits per heavy atom. The van der Waals surface area contributed by atoms with Crippen LogP contribution in [-0.4, -0.2) is 109 Å². The number of amides is 6. The summed E-state index contributed by atoms with van der Waals surface area (Å²) in [6.45, 7) is -0.668. The Balaban J connectivity index is 1.69. The van der Waals surface area contributed by atoms with E-state index in [0.29, 0.717) is 37.2 Å². The summed E-state index contributed by atoms with van der Waals surface area (Å²) >= 11 is 4.94. The molecule has 1 aliphatic rings. The molecule has 0 spiro atoms. The highest BCUT2D eigenvalue weighted by Gasteiger charge is 2.23. The van der Waals surface area contributed by atoms with E-state index in [1.54, 1.807) is 31.3 Å². The number of imide groups is 1. The number of nitrogens with zero attached hydrogens (tertiary/aromatic N) is 1. The largest absolute Gasteiger partial charge is 0.381 e. The molecule has 15 nitrogen and oxygen atoms in total. The Kier molecular flexibility index (Phi) is 17.0. The van der Waals surface area contributed by atoms with Crippen molar-refractivity contribution in [1.29, 1.82) is 0 Å². The molecule has 2 atom stereocenters. The molecule has 0 aliphatic carbocycles. The first-order valence-electron chi connectivity index (χ1n) is 14.5. The molecule has 0 bridgehead atoms. The van der Waals surface area contributed by atoms with Crippen molar-refractivity contribution < 1.29 is 38.6 Å². The van der Waals surface area contributed by atoms with Gasteiger partial charge < -0.3 is 36.4 Å². The van der Waals surface area contributed by atoms with Crippen LogP contribution in [0.25, 0.3) is 0 Å². The number of carbonyl (C=O) groups excluding carboxylic acids is 6. The molecule has 6 amide bonds. The first kappa shape index (κ1) is 36.9. The van der Waals surface area contributed by atoms with Crippen molar-refractivity contribution in [2.24, 2.45) is 0 Å². The molecule has 246 valence electrons. The summed E-state index contributed by atoms with van der Waals surface area (Å²) < 4.78 is 5.19. The Morgan fingerprint density at radius 3 is 2.24 bits per heavy atom. The molecule has 45 heavy (non-hydrogen) atoms. The summed E-state index contributed by atoms with van der Waals surface area (Å²) in [6.07, 6.45) is 3.87. The third-order valence-corrected chi connectivity index (χ3v) is 6.77. The molecule has 7 N–H and O–H groups in total. The molecule has 1 aromatic rings. The lowest BCUT2D eigenvalue weighted by molar-refractivity contribution is -0.137. The highest BCUT2D eigenvalue weighted by atomic mass is 32.1. The fourth-order valence-corrected chi connectivity index (χ4v) is 4.08. The predicted molar refractivity (Wildman–Crippen MR) is 167 cm³/mol. The topological polar surface area (TPSA) is 207 Å². The van der Waals surface area contributed by atoms with Gasteiger partial charge in [0.05, 0.1) is 26.2 Å². The van der Waals surface area contributed by atoms with E-state index in [1.807, 2.05) is 6.07 Å². The van der Waals surface area contributed by atoms with Crippen LogP contribution in [0.3, 0.4) is 0 Å². The van der Waals surface area contributed by atoms with E-state index in [9.17, 15) is 33.9 Å². The van der Waals surface area contributed by atoms with Crippen molar-refractivity contribution in [1.82, 2.24) is 36.8 Å². The van der Waals surface area contributed by atoms with Crippen LogP contribution >= 0.6 is 12.2 Å². The molecule has 0 saturated carbocycles. The van der Waals surface area contributed by atoms with E-state index in [1.165, 1.54) is 12.2 Å². The van der Waals surface area contributed by atoms with Gasteiger partial charge in [0.25, 0.3) is 11.8 Å². The molecular weight excluding hydrogens is 606 g/mol. The summed E-state index contributed by atoms with van der Waals surface area (Å²) in [5, 5.41) is 25.5. The maximum absolute atomic E-state index is 12.9. The van der Waals surface area contributed by atoms with Gasteiger partial charge in [-0.2, -0.15) is 0 Å². The van der Waals surface area contributed by atoms with Gasteiger partial charge >= 0.3 is 0 Å². The van der Waals surface area contributed by atoms with Crippen LogP contribution in [0.15, 0.2) is 42.5 Å². The average Bonchev–Trinajstić information content (AvgIpc) is 3.35. The normalized spacial score (nSPS) is 13.6. The van der Waals surface area contributed by atoms with Crippen LogP contribution in [0.5, 0.6) is 0 Å². The van der Waals surface area contributed by atoms with E-state index in [4.69, 9.17) is 17.0 Å². The maximum Gasteiger partial charge on any atom is 0.253 e. The number of nitrogens with one attached hydrogen (secondary N) is 6. The molecule has 0 saturated heterocycles. The molecule has 1 heterocycles. The SMILES string of the molecule is CNC(=S)COCNC(=O)CNC(=O)C(Cc1ccccc1)NC(=O)CNC(=O)CNC(O)CCCCCN1C(=O)C=CC1=O. The summed E-state index contributed by atoms with van der Waals surface area (Å²) in [5.41, 5.74) is 0.772. The van der Waals surface area contributed by atoms with Gasteiger partial charge in [0.15, 0.2) is 0 Å². The van der Waals surface area contributed by atoms with Crippen molar-refractivity contribution in [2.75, 3.05) is 46.6 Å². The monoisotopic (exact) mass is 647 g/mol. The van der Waals surface area contributed by atoms with Crippen molar-refractivity contribution in [3.05, 3.63) is 48.0 Å². The average molecular weight is 648 g/mol. The highest BCUT2D eigenvalue weighted by Crippen LogP contribution is 2.08. The molecule has 0 aromatic heterocycles. The van der Waals surface area contributed by atoms with Crippen LogP contribution < -0.4 is 31.9 Å². The van der Waals surface area contributed by atoms with E-state index in [2.05, 4.69) is 31.9 Å². The number of likely N-dealkylation sites (N-methyl/N-ethyl adjacent to an activating group) is 1. The summed E-state index contributed by atoms with van der Waals surface area (Å²) in [7, 11) is 1.65. The maximum atomic E-state index is 12.9. The van der Waals surface area contributed by atoms with Gasteiger partial charge in [0.2, 0.25) is 23.6 Å². The molecule has 1 aliphatic heterocycles. The van der Waals surface area contributed by atoms with E-state index in [0.717, 1.165) is 10.5 Å². The van der Waals surface area contributed by atoms with E-state index >= 15 is 0 Å². The molecular formula is C29H41N7O8S. The van der Waals surface area contributed by atoms with Gasteiger partial charge in [-0.05, 0) is 24.8 Å². The summed E-state index contributed by atoms with van der Waals surface area (Å²) in [6, 6.07) is 7.95. The van der Waals surface area contributed by atoms with Gasteiger partial charge in [-0.3, -0.25) is 39.0 Å². The quantitative estimate of drug-likeness (QED) is 0.0335. The fourth-order valence-electron chi connectivity index (χ4n) is 3.99. The molecule has 0 fully saturated rings. The molecule has 2 unspecified atom stereocenters. The third-order valence-electron chi connectivity index (χ3n) is 6.45. The van der Waals surface area contributed by atoms with E-state index in [-0.39, 0.29) is 44.7 Å². The Hall–Kier alpha value is -4.25. The summed E-state index contributed by atoms with van der Waals surface area (Å²) in [4.78, 5) is 74.4. The zero-order chi connectivity index (χ0) is 33.0. The lowest BCUT2D eigenvalue weighted by Crippen LogP contribution is -2.52. The van der Waals surface area contributed by atoms with Gasteiger partial charge in [-0.15, -0.1) is 0 Å². The zero-order valence-electron chi connectivity index (χ0n) is 25.1. The second-order valence-corrected chi connectivity index (χ2v) is 10.5. The Morgan fingerprint density at radius 1 is 0.889 bits per heavy atom. The van der Waals surface area contributed by atoms with E-state index < -0.39 is 42.4 Å². The number of aliphatic hydroxyl groups excluding tert-OH is 1. The van der Waals surface area contributed by atoms with Crippen LogP contribution in [0.2, 0.25) is 0 Å². The van der Waals surface area contributed by atoms with Gasteiger partial charge in [-0.1, -0.05) is 49.0 Å². The van der Waals surface area contributed by atoms with Crippen LogP contribution in [0.1, 0.15) is 31.2 Å². The van der Waals surface area contributed by atoms with Gasteiger partial charge in [0, 0.05) is 32.2 Å². The van der Waals surface area contributed by atoms with Crippen LogP contribution in [-0.2, 0) is 39.9 Å². The second kappa shape index (κ2) is 20.7. The number of carbonyl (C=O) groups is 6. The van der Waals surface area contributed by atoms with Gasteiger partial charge in [-0.25, -0.2) is 0 Å². The standard InChI is InChI=1S/C29H41N7O8S/c1-30-26(45)18-44-19-34-24(39)16-33-29(43)21(14-20-8-4-2-5-9-20)35-25(40)17-32-23(38)15-31-22(37)10-6-3-7-13-36-27(41)11-12-28(36)42/h2,4-5,8-9,11-12,21-22,31,37H,3,6-7,10,13-19H2,1H3,(H,30,45)(H,32,38)(H,33,43)(H,34,39)(H,35,40). The number of thiocarbonyl (C=S) groups is 1. The zero-order valence-corrected chi connectivity index (χ0v) is 26.0. The predicted octanol–water partition coefficient (Wildman–Crippen LogP) is -2.02. The molecule has 1 aromatic carbocycles. The smallest absolute Gasteiger partial charge is 0.253 e. The lowest BCUT2D eigenvalue weighted by atomic mass is 10.1. The van der Waals surface area contributed by atoms with Crippen molar-refractivity contribution in [2.45, 2.75) is 44.4 Å². The minimum atomic E-state index is -1.02. The number of hydrogen-bond acceptors (Lipinski definition) is 10. The molecule has 2 rings (SSSR count). The molecule has 0 radical (unpaired) electrons. The number of unbranched alkanes of at least 4 members (excludes halogenated alkanes) is 2. The number of rotatable bonds is 21. The number of benzene rings is 1. The highest BCUT2D eigenvalue weighted by molar-refractivity contribution is 7.80. The first-order valence-corrected chi connectivity index (χ1v) is 14.9. The minimum Gasteiger partial charge on any atom is -0.381 e. The van der Waals surface area contributed by atoms with Crippen molar-refractivity contribution >= 4 is 52.6 Å². The first-order chi connectivity index (χ1) is 21.6. The van der Waals surface area contributed by atoms with Gasteiger partial charge in [0.1, 0.15) is 24.0 Å². The fraction of sp³-hybridized carbons (Fsp3) is 0.483. The Bertz CT molecular complexity index is 1200. The second-order valence-electron chi connectivity index (χ2n) is 9.98. The Labute approximate surface area is 266 Å². The summed E-state index contributed by atoms with van der Waals surface area (Å²) in [5.74, 6) is -2.91. The van der Waals surface area contributed by atoms with Crippen molar-refractivity contribution in [3.63, 3.8) is 0 Å². The molecule has 16 heteroatoms. The third kappa shape index (κ3) is 15.3. The minimum absolute atomic E-state index is 0.102. The van der Waals surface area contributed by atoms with Crippen LogP contribution in [0.4, 0.5) is 0 Å². The number of ether oxygens (including phenoxy) is 1. The lowest BCUT2D eigenvalue weighted by Gasteiger charge is -2.19. The van der Waals surface area contributed by atoms with Crippen molar-refractivity contribution in [3.8, 4) is 0 Å². The number of aliphatic hydroxyl groups is 1. The number of hydrogen-bond donors (Lipinski definition) is 7. The van der Waals surface area contributed by atoms with Crippen LogP contribution in [0, 0.1) is 0 Å².